The predicted octanol–water partition coefficient (Wildman–Crippen LogP) is 4.10. The summed E-state index contributed by atoms with van der Waals surface area (Å²) < 4.78 is 41.8. The third-order valence-electron chi connectivity index (χ3n) is 6.62. The average molecular weight is 512 g/mol. The quantitative estimate of drug-likeness (QED) is 0.537. The second-order valence-electron chi connectivity index (χ2n) is 9.08. The van der Waals surface area contributed by atoms with Gasteiger partial charge in [0, 0.05) is 37.9 Å². The molecule has 1 aliphatic carbocycles. The van der Waals surface area contributed by atoms with Crippen molar-refractivity contribution >= 4 is 40.6 Å². The summed E-state index contributed by atoms with van der Waals surface area (Å²) in [4.78, 5) is 24.3. The number of amides is 1. The lowest BCUT2D eigenvalue weighted by molar-refractivity contribution is -0.136. The number of anilines is 4. The van der Waals surface area contributed by atoms with Crippen LogP contribution in [-0.2, 0) is 11.0 Å². The van der Waals surface area contributed by atoms with Gasteiger partial charge in [0.05, 0.1) is 23.4 Å². The Morgan fingerprint density at radius 3 is 2.57 bits per heavy atom. The molecule has 190 valence electrons. The molecular weight excluding hydrogens is 483 g/mol. The van der Waals surface area contributed by atoms with Gasteiger partial charge in [-0.25, -0.2) is 4.98 Å². The largest absolute Gasteiger partial charge is 0.418 e. The van der Waals surface area contributed by atoms with Gasteiger partial charge in [-0.3, -0.25) is 4.79 Å². The first-order valence-electron chi connectivity index (χ1n) is 11.6. The Labute approximate surface area is 207 Å². The molecule has 1 amide bonds. The third-order valence-corrected chi connectivity index (χ3v) is 6.90. The number of alkyl halides is 3. The van der Waals surface area contributed by atoms with E-state index in [4.69, 9.17) is 17.3 Å². The van der Waals surface area contributed by atoms with Crippen LogP contribution in [-0.4, -0.2) is 60.0 Å². The van der Waals surface area contributed by atoms with Crippen molar-refractivity contribution < 1.29 is 18.0 Å². The number of benzene rings is 1. The first-order valence-corrected chi connectivity index (χ1v) is 12.0. The molecule has 2 aromatic rings. The standard InChI is InChI=1S/C23H29ClF3N7O/c1-33-8-10-34(11-9-33)14-6-7-19(16(12-14)23(25,26)27)31-22-29-13-17(24)21(32-22)30-18-5-3-2-4-15(18)20(28)35/h6-7,12-13,15,18H,2-5,8-11H2,1H3,(H2,28,35)(H2,29,30,31,32)/t15-,18+/m0/s1. The molecule has 1 saturated carbocycles. The van der Waals surface area contributed by atoms with Gasteiger partial charge < -0.3 is 26.2 Å². The molecule has 2 fully saturated rings. The molecule has 0 unspecified atom stereocenters. The van der Waals surface area contributed by atoms with Gasteiger partial charge in [-0.05, 0) is 38.1 Å². The number of piperazine rings is 1. The van der Waals surface area contributed by atoms with Crippen molar-refractivity contribution in [2.75, 3.05) is 48.8 Å². The number of halogens is 4. The van der Waals surface area contributed by atoms with Gasteiger partial charge in [-0.2, -0.15) is 18.2 Å². The number of carbonyl (C=O) groups excluding carboxylic acids is 1. The van der Waals surface area contributed by atoms with Crippen LogP contribution in [0.2, 0.25) is 5.02 Å². The lowest BCUT2D eigenvalue weighted by Crippen LogP contribution is -2.44. The van der Waals surface area contributed by atoms with Crippen LogP contribution in [0, 0.1) is 5.92 Å². The van der Waals surface area contributed by atoms with Crippen LogP contribution in [0.4, 0.5) is 36.3 Å². The van der Waals surface area contributed by atoms with Crippen molar-refractivity contribution in [3.63, 3.8) is 0 Å². The van der Waals surface area contributed by atoms with Gasteiger partial charge in [0.15, 0.2) is 5.82 Å². The van der Waals surface area contributed by atoms with Crippen LogP contribution in [0.25, 0.3) is 0 Å². The number of nitrogens with one attached hydrogen (secondary N) is 2. The lowest BCUT2D eigenvalue weighted by atomic mass is 9.84. The minimum Gasteiger partial charge on any atom is -0.369 e. The molecule has 12 heteroatoms. The van der Waals surface area contributed by atoms with Crippen molar-refractivity contribution in [2.45, 2.75) is 37.9 Å². The zero-order chi connectivity index (χ0) is 25.2. The summed E-state index contributed by atoms with van der Waals surface area (Å²) >= 11 is 6.25. The van der Waals surface area contributed by atoms with Gasteiger partial charge in [-0.15, -0.1) is 0 Å². The van der Waals surface area contributed by atoms with Crippen molar-refractivity contribution in [3.8, 4) is 0 Å². The van der Waals surface area contributed by atoms with E-state index in [0.717, 1.165) is 32.0 Å². The summed E-state index contributed by atoms with van der Waals surface area (Å²) in [6.07, 6.45) is -0.0647. The van der Waals surface area contributed by atoms with Crippen LogP contribution in [0.5, 0.6) is 0 Å². The highest BCUT2D eigenvalue weighted by atomic mass is 35.5. The van der Waals surface area contributed by atoms with Gasteiger partial charge in [0.25, 0.3) is 0 Å². The van der Waals surface area contributed by atoms with Crippen molar-refractivity contribution in [1.29, 1.82) is 0 Å². The maximum atomic E-state index is 13.9. The van der Waals surface area contributed by atoms with Gasteiger partial charge in [0.1, 0.15) is 5.02 Å². The first-order chi connectivity index (χ1) is 16.6. The molecule has 4 rings (SSSR count). The zero-order valence-electron chi connectivity index (χ0n) is 19.4. The average Bonchev–Trinajstić information content (AvgIpc) is 2.81. The van der Waals surface area contributed by atoms with Crippen LogP contribution in [0.3, 0.4) is 0 Å². The van der Waals surface area contributed by atoms with E-state index in [1.807, 2.05) is 11.9 Å². The molecule has 0 radical (unpaired) electrons. The summed E-state index contributed by atoms with van der Waals surface area (Å²) in [5.74, 6) is -0.572. The Morgan fingerprint density at radius 1 is 1.17 bits per heavy atom. The van der Waals surface area contributed by atoms with E-state index in [1.54, 1.807) is 6.07 Å². The number of nitrogens with two attached hydrogens (primary N) is 1. The summed E-state index contributed by atoms with van der Waals surface area (Å²) in [7, 11) is 1.99. The minimum atomic E-state index is -4.57. The molecule has 0 bridgehead atoms. The van der Waals surface area contributed by atoms with E-state index in [0.29, 0.717) is 31.6 Å². The van der Waals surface area contributed by atoms with E-state index in [-0.39, 0.29) is 34.4 Å². The molecule has 0 spiro atoms. The normalized spacial score (nSPS) is 21.6. The number of primary amides is 1. The topological polar surface area (TPSA) is 99.4 Å². The monoisotopic (exact) mass is 511 g/mol. The molecule has 1 aliphatic heterocycles. The maximum absolute atomic E-state index is 13.9. The highest BCUT2D eigenvalue weighted by molar-refractivity contribution is 6.32. The van der Waals surface area contributed by atoms with Gasteiger partial charge >= 0.3 is 6.18 Å². The molecule has 1 aromatic heterocycles. The van der Waals surface area contributed by atoms with Crippen LogP contribution >= 0.6 is 11.6 Å². The third kappa shape index (κ3) is 6.07. The fourth-order valence-corrected chi connectivity index (χ4v) is 4.75. The summed E-state index contributed by atoms with van der Waals surface area (Å²) in [6.45, 7) is 2.88. The van der Waals surface area contributed by atoms with Crippen LogP contribution in [0.1, 0.15) is 31.2 Å². The van der Waals surface area contributed by atoms with Gasteiger partial charge in [0.2, 0.25) is 11.9 Å². The number of hydrogen-bond acceptors (Lipinski definition) is 7. The Bertz CT molecular complexity index is 1060. The van der Waals surface area contributed by atoms with E-state index >= 15 is 0 Å². The zero-order valence-corrected chi connectivity index (χ0v) is 20.2. The second-order valence-corrected chi connectivity index (χ2v) is 9.48. The number of carbonyl (C=O) groups is 1. The number of rotatable bonds is 6. The lowest BCUT2D eigenvalue weighted by Gasteiger charge is -2.34. The number of likely N-dealkylation sites (N-methyl/N-ethyl adjacent to an activating group) is 1. The Hall–Kier alpha value is -2.79. The maximum Gasteiger partial charge on any atom is 0.418 e. The van der Waals surface area contributed by atoms with Crippen molar-refractivity contribution in [1.82, 2.24) is 14.9 Å². The second kappa shape index (κ2) is 10.4. The summed E-state index contributed by atoms with van der Waals surface area (Å²) in [5.41, 5.74) is 5.10. The van der Waals surface area contributed by atoms with E-state index in [9.17, 15) is 18.0 Å². The van der Waals surface area contributed by atoms with E-state index in [2.05, 4.69) is 25.5 Å². The molecule has 2 atom stereocenters. The van der Waals surface area contributed by atoms with Crippen LogP contribution < -0.4 is 21.3 Å². The number of hydrogen-bond donors (Lipinski definition) is 3. The number of nitrogens with zero attached hydrogens (tertiary/aromatic N) is 4. The van der Waals surface area contributed by atoms with E-state index < -0.39 is 17.6 Å². The Morgan fingerprint density at radius 2 is 1.89 bits per heavy atom. The van der Waals surface area contributed by atoms with Crippen LogP contribution in [0.15, 0.2) is 24.4 Å². The fourth-order valence-electron chi connectivity index (χ4n) is 4.61. The summed E-state index contributed by atoms with van der Waals surface area (Å²) in [5, 5.41) is 6.05. The molecule has 2 heterocycles. The Balaban J connectivity index is 1.57. The smallest absolute Gasteiger partial charge is 0.369 e. The van der Waals surface area contributed by atoms with Crippen molar-refractivity contribution in [2.24, 2.45) is 11.7 Å². The molecule has 8 nitrogen and oxygen atoms in total. The number of aromatic nitrogens is 2. The fraction of sp³-hybridized carbons (Fsp3) is 0.522. The minimum absolute atomic E-state index is 0.0406. The Kier molecular flexibility index (Phi) is 7.56. The SMILES string of the molecule is CN1CCN(c2ccc(Nc3ncc(Cl)c(N[C@@H]4CCCC[C@@H]4C(N)=O)n3)c(C(F)(F)F)c2)CC1. The first kappa shape index (κ1) is 25.3. The van der Waals surface area contributed by atoms with Crippen molar-refractivity contribution in [3.05, 3.63) is 35.0 Å². The van der Waals surface area contributed by atoms with Gasteiger partial charge in [-0.1, -0.05) is 24.4 Å². The molecule has 1 aromatic carbocycles. The highest BCUT2D eigenvalue weighted by Crippen LogP contribution is 2.39. The highest BCUT2D eigenvalue weighted by Gasteiger charge is 2.35. The summed E-state index contributed by atoms with van der Waals surface area (Å²) in [6, 6.07) is 3.96. The molecular formula is C23H29ClF3N7O. The van der Waals surface area contributed by atoms with E-state index in [1.165, 1.54) is 12.3 Å². The molecule has 2 aliphatic rings. The molecule has 1 saturated heterocycles. The molecule has 35 heavy (non-hydrogen) atoms. The molecule has 4 N–H and O–H groups in total. The predicted molar refractivity (Wildman–Crippen MR) is 130 cm³/mol.